The Morgan fingerprint density at radius 3 is 2.14 bits per heavy atom. The smallest absolute Gasteiger partial charge is 0.131 e. The molecule has 1 aromatic heterocycles. The Balaban J connectivity index is 1.67. The lowest BCUT2D eigenvalue weighted by Gasteiger charge is -2.05. The molecule has 3 nitrogen and oxygen atoms in total. The second-order valence-corrected chi connectivity index (χ2v) is 5.56. The van der Waals surface area contributed by atoms with Crippen molar-refractivity contribution in [3.8, 4) is 22.4 Å². The van der Waals surface area contributed by atoms with Crippen LogP contribution in [0.3, 0.4) is 0 Å². The summed E-state index contributed by atoms with van der Waals surface area (Å²) in [6.07, 6.45) is 4.30. The van der Waals surface area contributed by atoms with Crippen molar-refractivity contribution in [2.24, 2.45) is 0 Å². The van der Waals surface area contributed by atoms with Gasteiger partial charge in [0.2, 0.25) is 0 Å². The van der Waals surface area contributed by atoms with Crippen LogP contribution in [0.4, 0.5) is 5.82 Å². The summed E-state index contributed by atoms with van der Waals surface area (Å²) < 4.78 is 2.10. The van der Waals surface area contributed by atoms with E-state index in [4.69, 9.17) is 5.73 Å². The van der Waals surface area contributed by atoms with Crippen LogP contribution in [-0.2, 0) is 0 Å². The number of imidazole rings is 1. The first kappa shape index (κ1) is 12.2. The van der Waals surface area contributed by atoms with Gasteiger partial charge >= 0.3 is 0 Å². The van der Waals surface area contributed by atoms with Crippen molar-refractivity contribution in [3.05, 3.63) is 60.9 Å². The Morgan fingerprint density at radius 1 is 0.857 bits per heavy atom. The first-order valence-electron chi connectivity index (χ1n) is 7.31. The van der Waals surface area contributed by atoms with Crippen LogP contribution in [0.15, 0.2) is 60.9 Å². The van der Waals surface area contributed by atoms with Crippen molar-refractivity contribution in [1.29, 1.82) is 0 Å². The first-order chi connectivity index (χ1) is 10.3. The Hall–Kier alpha value is -2.55. The van der Waals surface area contributed by atoms with Gasteiger partial charge in [0, 0.05) is 11.6 Å². The molecular formula is C18H17N3. The molecule has 0 amide bonds. The van der Waals surface area contributed by atoms with E-state index < -0.39 is 0 Å². The van der Waals surface area contributed by atoms with Crippen molar-refractivity contribution in [1.82, 2.24) is 9.55 Å². The maximum absolute atomic E-state index is 6.23. The van der Waals surface area contributed by atoms with Crippen LogP contribution >= 0.6 is 0 Å². The van der Waals surface area contributed by atoms with Crippen LogP contribution < -0.4 is 5.73 Å². The topological polar surface area (TPSA) is 43.8 Å². The Bertz CT molecular complexity index is 753. The van der Waals surface area contributed by atoms with Crippen molar-refractivity contribution in [2.75, 3.05) is 5.73 Å². The first-order valence-corrected chi connectivity index (χ1v) is 7.31. The van der Waals surface area contributed by atoms with Crippen LogP contribution in [0.1, 0.15) is 18.9 Å². The highest BCUT2D eigenvalue weighted by Gasteiger charge is 2.26. The molecule has 1 heterocycles. The molecule has 21 heavy (non-hydrogen) atoms. The number of nitrogens with zero attached hydrogens (tertiary/aromatic N) is 2. The minimum atomic E-state index is 0.565. The third-order valence-corrected chi connectivity index (χ3v) is 4.04. The van der Waals surface area contributed by atoms with Crippen LogP contribution in [0.2, 0.25) is 0 Å². The Kier molecular flexibility index (Phi) is 2.78. The summed E-state index contributed by atoms with van der Waals surface area (Å²) in [6, 6.07) is 19.4. The molecule has 0 radical (unpaired) electrons. The number of hydrogen-bond acceptors (Lipinski definition) is 2. The van der Waals surface area contributed by atoms with Gasteiger partial charge in [0.05, 0.1) is 6.33 Å². The summed E-state index contributed by atoms with van der Waals surface area (Å²) in [4.78, 5) is 4.49. The predicted molar refractivity (Wildman–Crippen MR) is 85.8 cm³/mol. The second-order valence-electron chi connectivity index (χ2n) is 5.56. The van der Waals surface area contributed by atoms with Crippen LogP contribution in [0, 0.1) is 0 Å². The number of aromatic nitrogens is 2. The number of rotatable bonds is 3. The molecule has 104 valence electrons. The van der Waals surface area contributed by atoms with Crippen molar-refractivity contribution in [2.45, 2.75) is 18.9 Å². The van der Waals surface area contributed by atoms with Gasteiger partial charge < -0.3 is 10.3 Å². The lowest BCUT2D eigenvalue weighted by atomic mass is 10.0. The van der Waals surface area contributed by atoms with Gasteiger partial charge in [-0.1, -0.05) is 54.6 Å². The SMILES string of the molecule is Nc1c(-c2ccc(-c3ccccc3)cc2)ncn1C1CC1. The van der Waals surface area contributed by atoms with Crippen LogP contribution in [0.25, 0.3) is 22.4 Å². The maximum Gasteiger partial charge on any atom is 0.131 e. The minimum Gasteiger partial charge on any atom is -0.383 e. The summed E-state index contributed by atoms with van der Waals surface area (Å²) in [5.74, 6) is 0.782. The highest BCUT2D eigenvalue weighted by molar-refractivity contribution is 5.74. The fourth-order valence-electron chi connectivity index (χ4n) is 2.69. The van der Waals surface area contributed by atoms with Crippen LogP contribution in [-0.4, -0.2) is 9.55 Å². The molecule has 1 fully saturated rings. The molecule has 0 saturated heterocycles. The van der Waals surface area contributed by atoms with Crippen LogP contribution in [0.5, 0.6) is 0 Å². The summed E-state index contributed by atoms with van der Waals surface area (Å²) >= 11 is 0. The van der Waals surface area contributed by atoms with E-state index >= 15 is 0 Å². The molecule has 2 N–H and O–H groups in total. The second kappa shape index (κ2) is 4.77. The number of benzene rings is 2. The van der Waals surface area contributed by atoms with Gasteiger partial charge in [0.25, 0.3) is 0 Å². The van der Waals surface area contributed by atoms with Gasteiger partial charge in [-0.2, -0.15) is 0 Å². The molecule has 0 aliphatic heterocycles. The zero-order chi connectivity index (χ0) is 14.2. The molecule has 1 saturated carbocycles. The predicted octanol–water partition coefficient (Wildman–Crippen LogP) is 4.13. The Labute approximate surface area is 124 Å². The summed E-state index contributed by atoms with van der Waals surface area (Å²) in [6.45, 7) is 0. The highest BCUT2D eigenvalue weighted by Crippen LogP contribution is 2.39. The van der Waals surface area contributed by atoms with E-state index in [1.807, 2.05) is 12.4 Å². The van der Waals surface area contributed by atoms with Gasteiger partial charge in [0.1, 0.15) is 11.5 Å². The van der Waals surface area contributed by atoms with E-state index in [1.165, 1.54) is 24.0 Å². The van der Waals surface area contributed by atoms with E-state index in [-0.39, 0.29) is 0 Å². The molecule has 3 heteroatoms. The minimum absolute atomic E-state index is 0.565. The molecule has 1 aliphatic carbocycles. The molecule has 3 aromatic rings. The molecule has 4 rings (SSSR count). The quantitative estimate of drug-likeness (QED) is 0.781. The van der Waals surface area contributed by atoms with Gasteiger partial charge in [-0.15, -0.1) is 0 Å². The molecular weight excluding hydrogens is 258 g/mol. The Morgan fingerprint density at radius 2 is 1.48 bits per heavy atom. The summed E-state index contributed by atoms with van der Waals surface area (Å²) in [5, 5.41) is 0. The molecule has 2 aromatic carbocycles. The fourth-order valence-corrected chi connectivity index (χ4v) is 2.69. The zero-order valence-corrected chi connectivity index (χ0v) is 11.7. The molecule has 1 aliphatic rings. The fraction of sp³-hybridized carbons (Fsp3) is 0.167. The lowest BCUT2D eigenvalue weighted by molar-refractivity contribution is 0.751. The van der Waals surface area contributed by atoms with Gasteiger partial charge in [-0.25, -0.2) is 4.98 Å². The maximum atomic E-state index is 6.23. The average molecular weight is 275 g/mol. The number of anilines is 1. The third-order valence-electron chi connectivity index (χ3n) is 4.04. The van der Waals surface area contributed by atoms with E-state index in [0.29, 0.717) is 6.04 Å². The van der Waals surface area contributed by atoms with Crippen molar-refractivity contribution in [3.63, 3.8) is 0 Å². The molecule has 0 bridgehead atoms. The summed E-state index contributed by atoms with van der Waals surface area (Å²) in [5.41, 5.74) is 10.6. The van der Waals surface area contributed by atoms with Gasteiger partial charge in [-0.3, -0.25) is 0 Å². The molecule has 0 spiro atoms. The van der Waals surface area contributed by atoms with Gasteiger partial charge in [-0.05, 0) is 24.0 Å². The lowest BCUT2D eigenvalue weighted by Crippen LogP contribution is -1.99. The normalized spacial score (nSPS) is 14.3. The van der Waals surface area contributed by atoms with E-state index in [0.717, 1.165) is 17.1 Å². The zero-order valence-electron chi connectivity index (χ0n) is 11.7. The average Bonchev–Trinajstić information content (AvgIpc) is 3.31. The number of nitrogen functional groups attached to an aromatic ring is 1. The van der Waals surface area contributed by atoms with E-state index in [2.05, 4.69) is 58.1 Å². The summed E-state index contributed by atoms with van der Waals surface area (Å²) in [7, 11) is 0. The standard InChI is InChI=1S/C18H17N3/c19-18-17(20-12-21(18)16-10-11-16)15-8-6-14(7-9-15)13-4-2-1-3-5-13/h1-9,12,16H,10-11,19H2. The number of nitrogens with two attached hydrogens (primary N) is 1. The van der Waals surface area contributed by atoms with E-state index in [1.54, 1.807) is 0 Å². The van der Waals surface area contributed by atoms with Gasteiger partial charge in [0.15, 0.2) is 0 Å². The largest absolute Gasteiger partial charge is 0.383 e. The number of hydrogen-bond donors (Lipinski definition) is 1. The van der Waals surface area contributed by atoms with Crippen molar-refractivity contribution < 1.29 is 0 Å². The molecule has 0 unspecified atom stereocenters. The van der Waals surface area contributed by atoms with E-state index in [9.17, 15) is 0 Å². The third kappa shape index (κ3) is 2.21. The monoisotopic (exact) mass is 275 g/mol. The molecule has 0 atom stereocenters. The highest BCUT2D eigenvalue weighted by atomic mass is 15.2. The van der Waals surface area contributed by atoms with Crippen molar-refractivity contribution >= 4 is 5.82 Å².